The number of carbonyl (C=O) groups excluding carboxylic acids is 2. The molecule has 0 aromatic heterocycles. The van der Waals surface area contributed by atoms with Crippen LogP contribution in [0.1, 0.15) is 10.4 Å². The Morgan fingerprint density at radius 2 is 1.65 bits per heavy atom. The number of halogens is 1. The summed E-state index contributed by atoms with van der Waals surface area (Å²) < 4.78 is 13.1. The lowest BCUT2D eigenvalue weighted by Gasteiger charge is -2.35. The molecule has 0 saturated carbocycles. The van der Waals surface area contributed by atoms with E-state index in [-0.39, 0.29) is 18.0 Å². The number of nitrogens with one attached hydrogen (secondary N) is 2. The molecule has 2 aromatic carbocycles. The summed E-state index contributed by atoms with van der Waals surface area (Å²) in [5.41, 5.74) is 6.02. The van der Waals surface area contributed by atoms with Gasteiger partial charge in [0.15, 0.2) is 0 Å². The molecule has 136 valence electrons. The molecule has 26 heavy (non-hydrogen) atoms. The fourth-order valence-electron chi connectivity index (χ4n) is 2.87. The van der Waals surface area contributed by atoms with Gasteiger partial charge in [0.2, 0.25) is 0 Å². The summed E-state index contributed by atoms with van der Waals surface area (Å²) in [5.74, 6) is -1.35. The lowest BCUT2D eigenvalue weighted by atomic mass is 10.2. The Balaban J connectivity index is 1.41. The maximum atomic E-state index is 13.1. The van der Waals surface area contributed by atoms with Crippen LogP contribution < -0.4 is 15.8 Å². The third kappa shape index (κ3) is 4.80. The number of anilines is 1. The Bertz CT molecular complexity index is 761. The first-order valence-electron chi connectivity index (χ1n) is 8.49. The predicted octanol–water partition coefficient (Wildman–Crippen LogP) is 1.41. The van der Waals surface area contributed by atoms with Gasteiger partial charge in [0, 0.05) is 37.4 Å². The van der Waals surface area contributed by atoms with Crippen LogP contribution in [0.3, 0.4) is 0 Å². The second-order valence-electron chi connectivity index (χ2n) is 6.11. The number of nitrogens with zero attached hydrogens (tertiary/aromatic N) is 2. The molecule has 2 N–H and O–H groups in total. The van der Waals surface area contributed by atoms with E-state index in [2.05, 4.69) is 27.9 Å². The monoisotopic (exact) mass is 356 g/mol. The second kappa shape index (κ2) is 8.44. The summed E-state index contributed by atoms with van der Waals surface area (Å²) in [6.07, 6.45) is 0. The van der Waals surface area contributed by atoms with Crippen molar-refractivity contribution in [2.24, 2.45) is 0 Å². The minimum Gasteiger partial charge on any atom is -0.369 e. The number of benzene rings is 2. The molecule has 6 nitrogen and oxygen atoms in total. The van der Waals surface area contributed by atoms with Gasteiger partial charge in [-0.2, -0.15) is 0 Å². The third-order valence-electron chi connectivity index (χ3n) is 4.26. The molecule has 1 fully saturated rings. The molecule has 1 saturated heterocycles. The fraction of sp³-hybridized carbons (Fsp3) is 0.263. The predicted molar refractivity (Wildman–Crippen MR) is 97.1 cm³/mol. The first kappa shape index (κ1) is 17.9. The van der Waals surface area contributed by atoms with Crippen LogP contribution in [0, 0.1) is 5.82 Å². The van der Waals surface area contributed by atoms with E-state index in [0.717, 1.165) is 32.2 Å². The molecule has 3 rings (SSSR count). The number of piperazine rings is 1. The third-order valence-corrected chi connectivity index (χ3v) is 4.26. The Morgan fingerprint density at radius 1 is 0.923 bits per heavy atom. The van der Waals surface area contributed by atoms with Crippen LogP contribution in [0.4, 0.5) is 10.1 Å². The number of carbonyl (C=O) groups is 2. The standard InChI is InChI=1S/C19H21FN4O2/c20-16-6-4-5-15(13-16)19(26)22-21-18(25)14-23-9-11-24(12-10-23)17-7-2-1-3-8-17/h1-8,13H,9-12,14H2,(H,21,25)(H,22,26). The first-order chi connectivity index (χ1) is 12.6. The van der Waals surface area contributed by atoms with E-state index in [0.29, 0.717) is 0 Å². The van der Waals surface area contributed by atoms with Crippen LogP contribution in [0.2, 0.25) is 0 Å². The van der Waals surface area contributed by atoms with E-state index in [1.54, 1.807) is 0 Å². The molecule has 1 aliphatic rings. The molecular weight excluding hydrogens is 335 g/mol. The van der Waals surface area contributed by atoms with Crippen LogP contribution in [0.25, 0.3) is 0 Å². The number of hydrogen-bond donors (Lipinski definition) is 2. The largest absolute Gasteiger partial charge is 0.369 e. The van der Waals surface area contributed by atoms with Crippen molar-refractivity contribution in [1.82, 2.24) is 15.8 Å². The second-order valence-corrected chi connectivity index (χ2v) is 6.11. The molecule has 7 heteroatoms. The Labute approximate surface area is 151 Å². The van der Waals surface area contributed by atoms with Gasteiger partial charge in [-0.05, 0) is 30.3 Å². The summed E-state index contributed by atoms with van der Waals surface area (Å²) >= 11 is 0. The topological polar surface area (TPSA) is 64.7 Å². The van der Waals surface area contributed by atoms with Crippen molar-refractivity contribution in [3.05, 3.63) is 66.0 Å². The van der Waals surface area contributed by atoms with Crippen molar-refractivity contribution in [1.29, 1.82) is 0 Å². The lowest BCUT2D eigenvalue weighted by molar-refractivity contribution is -0.123. The number of rotatable bonds is 4. The number of para-hydroxylation sites is 1. The number of hydrazine groups is 1. The SMILES string of the molecule is O=C(CN1CCN(c2ccccc2)CC1)NNC(=O)c1cccc(F)c1. The number of hydrogen-bond acceptors (Lipinski definition) is 4. The molecular formula is C19H21FN4O2. The van der Waals surface area contributed by atoms with Crippen LogP contribution in [-0.4, -0.2) is 49.4 Å². The zero-order chi connectivity index (χ0) is 18.4. The molecule has 0 spiro atoms. The Morgan fingerprint density at radius 3 is 2.35 bits per heavy atom. The lowest BCUT2D eigenvalue weighted by Crippen LogP contribution is -2.52. The van der Waals surface area contributed by atoms with Gasteiger partial charge in [0.25, 0.3) is 11.8 Å². The van der Waals surface area contributed by atoms with Gasteiger partial charge in [0.05, 0.1) is 6.54 Å². The first-order valence-corrected chi connectivity index (χ1v) is 8.49. The zero-order valence-electron chi connectivity index (χ0n) is 14.3. The highest BCUT2D eigenvalue weighted by molar-refractivity contribution is 5.95. The van der Waals surface area contributed by atoms with Crippen LogP contribution in [-0.2, 0) is 4.79 Å². The van der Waals surface area contributed by atoms with E-state index < -0.39 is 11.7 Å². The van der Waals surface area contributed by atoms with Crippen LogP contribution in [0.5, 0.6) is 0 Å². The quantitative estimate of drug-likeness (QED) is 0.813. The van der Waals surface area contributed by atoms with Gasteiger partial charge in [-0.15, -0.1) is 0 Å². The fourth-order valence-corrected chi connectivity index (χ4v) is 2.87. The van der Waals surface area contributed by atoms with Crippen molar-refractivity contribution in [3.8, 4) is 0 Å². The van der Waals surface area contributed by atoms with Crippen LogP contribution >= 0.6 is 0 Å². The van der Waals surface area contributed by atoms with Crippen molar-refractivity contribution in [2.45, 2.75) is 0 Å². The van der Waals surface area contributed by atoms with E-state index in [9.17, 15) is 14.0 Å². The average Bonchev–Trinajstić information content (AvgIpc) is 2.67. The highest BCUT2D eigenvalue weighted by Gasteiger charge is 2.19. The minimum atomic E-state index is -0.549. The molecule has 0 atom stereocenters. The van der Waals surface area contributed by atoms with E-state index in [1.807, 2.05) is 23.1 Å². The number of amides is 2. The van der Waals surface area contributed by atoms with Gasteiger partial charge in [0.1, 0.15) is 5.82 Å². The van der Waals surface area contributed by atoms with E-state index >= 15 is 0 Å². The van der Waals surface area contributed by atoms with E-state index in [4.69, 9.17) is 0 Å². The van der Waals surface area contributed by atoms with Gasteiger partial charge in [-0.1, -0.05) is 24.3 Å². The molecule has 2 aromatic rings. The highest BCUT2D eigenvalue weighted by atomic mass is 19.1. The molecule has 1 heterocycles. The molecule has 0 radical (unpaired) electrons. The summed E-state index contributed by atoms with van der Waals surface area (Å²) in [7, 11) is 0. The van der Waals surface area contributed by atoms with Crippen molar-refractivity contribution < 1.29 is 14.0 Å². The van der Waals surface area contributed by atoms with Gasteiger partial charge < -0.3 is 4.90 Å². The van der Waals surface area contributed by atoms with Crippen LogP contribution in [0.15, 0.2) is 54.6 Å². The summed E-state index contributed by atoms with van der Waals surface area (Å²) in [6.45, 7) is 3.41. The normalized spacial score (nSPS) is 14.7. The van der Waals surface area contributed by atoms with Crippen molar-refractivity contribution >= 4 is 17.5 Å². The minimum absolute atomic E-state index is 0.154. The molecule has 0 unspecified atom stereocenters. The van der Waals surface area contributed by atoms with E-state index in [1.165, 1.54) is 23.9 Å². The zero-order valence-corrected chi connectivity index (χ0v) is 14.3. The van der Waals surface area contributed by atoms with Gasteiger partial charge in [-0.25, -0.2) is 4.39 Å². The van der Waals surface area contributed by atoms with Gasteiger partial charge >= 0.3 is 0 Å². The molecule has 2 amide bonds. The summed E-state index contributed by atoms with van der Waals surface area (Å²) in [4.78, 5) is 28.2. The molecule has 0 aliphatic carbocycles. The van der Waals surface area contributed by atoms with Crippen molar-refractivity contribution in [3.63, 3.8) is 0 Å². The smallest absolute Gasteiger partial charge is 0.269 e. The van der Waals surface area contributed by atoms with Gasteiger partial charge in [-0.3, -0.25) is 25.3 Å². The summed E-state index contributed by atoms with van der Waals surface area (Å²) in [6, 6.07) is 15.4. The maximum Gasteiger partial charge on any atom is 0.269 e. The summed E-state index contributed by atoms with van der Waals surface area (Å²) in [5, 5.41) is 0. The highest BCUT2D eigenvalue weighted by Crippen LogP contribution is 2.15. The molecule has 1 aliphatic heterocycles. The van der Waals surface area contributed by atoms with Crippen molar-refractivity contribution in [2.75, 3.05) is 37.6 Å². The Kier molecular flexibility index (Phi) is 5.80. The average molecular weight is 356 g/mol. The Hall–Kier alpha value is -2.93. The maximum absolute atomic E-state index is 13.1. The molecule has 0 bridgehead atoms.